The van der Waals surface area contributed by atoms with Crippen LogP contribution in [0.2, 0.25) is 0 Å². The number of hydrogen-bond donors (Lipinski definition) is 0. The first-order valence-corrected chi connectivity index (χ1v) is 8.19. The molecule has 3 nitrogen and oxygen atoms in total. The van der Waals surface area contributed by atoms with Gasteiger partial charge in [0.1, 0.15) is 0 Å². The van der Waals surface area contributed by atoms with Crippen LogP contribution in [0.15, 0.2) is 47.6 Å². The molecule has 1 heterocycles. The summed E-state index contributed by atoms with van der Waals surface area (Å²) < 4.78 is 2.04. The monoisotopic (exact) mass is 310 g/mol. The smallest absolute Gasteiger partial charge is 0.173 e. The molecule has 112 valence electrons. The molecule has 3 rings (SSSR count). The summed E-state index contributed by atoms with van der Waals surface area (Å²) in [6.45, 7) is 4.09. The highest BCUT2D eigenvalue weighted by Crippen LogP contribution is 2.23. The number of ketones is 1. The lowest BCUT2D eigenvalue weighted by Gasteiger charge is -2.05. The first kappa shape index (κ1) is 14.9. The van der Waals surface area contributed by atoms with Crippen molar-refractivity contribution in [1.82, 2.24) is 9.55 Å². The molecule has 1 aromatic heterocycles. The average molecular weight is 310 g/mol. The van der Waals surface area contributed by atoms with Gasteiger partial charge in [0.05, 0.1) is 16.8 Å². The molecule has 0 saturated heterocycles. The fourth-order valence-corrected chi connectivity index (χ4v) is 3.26. The molecular formula is C18H18N2OS. The van der Waals surface area contributed by atoms with Gasteiger partial charge < -0.3 is 4.57 Å². The van der Waals surface area contributed by atoms with Crippen molar-refractivity contribution in [2.45, 2.75) is 19.0 Å². The van der Waals surface area contributed by atoms with E-state index in [1.54, 1.807) is 0 Å². The number of nitrogens with zero attached hydrogens (tertiary/aromatic N) is 2. The summed E-state index contributed by atoms with van der Waals surface area (Å²) in [4.78, 5) is 16.9. The van der Waals surface area contributed by atoms with Crippen molar-refractivity contribution in [3.05, 3.63) is 59.2 Å². The number of thioether (sulfide) groups is 1. The highest BCUT2D eigenvalue weighted by molar-refractivity contribution is 7.99. The number of benzene rings is 2. The average Bonchev–Trinajstić information content (AvgIpc) is 2.84. The lowest BCUT2D eigenvalue weighted by molar-refractivity contribution is 0.102. The van der Waals surface area contributed by atoms with Gasteiger partial charge in [0, 0.05) is 12.6 Å². The van der Waals surface area contributed by atoms with Crippen LogP contribution >= 0.6 is 11.8 Å². The third-order valence-corrected chi connectivity index (χ3v) is 4.94. The van der Waals surface area contributed by atoms with Crippen molar-refractivity contribution in [2.75, 3.05) is 5.75 Å². The lowest BCUT2D eigenvalue weighted by Crippen LogP contribution is -2.04. The number of imidazole rings is 1. The summed E-state index contributed by atoms with van der Waals surface area (Å²) in [6.07, 6.45) is 0. The van der Waals surface area contributed by atoms with E-state index in [0.717, 1.165) is 27.3 Å². The molecule has 0 radical (unpaired) electrons. The molecule has 0 spiro atoms. The third-order valence-electron chi connectivity index (χ3n) is 3.91. The van der Waals surface area contributed by atoms with E-state index in [1.807, 2.05) is 61.0 Å². The van der Waals surface area contributed by atoms with Gasteiger partial charge in [-0.05, 0) is 43.2 Å². The normalized spacial score (nSPS) is 11.0. The van der Waals surface area contributed by atoms with E-state index in [-0.39, 0.29) is 5.78 Å². The number of para-hydroxylation sites is 2. The Bertz CT molecular complexity index is 851. The molecule has 0 fully saturated rings. The van der Waals surface area contributed by atoms with Crippen LogP contribution in [0, 0.1) is 13.8 Å². The van der Waals surface area contributed by atoms with Crippen LogP contribution in [0.3, 0.4) is 0 Å². The Kier molecular flexibility index (Phi) is 4.03. The number of fused-ring (bicyclic) bond motifs is 1. The van der Waals surface area contributed by atoms with E-state index < -0.39 is 0 Å². The maximum atomic E-state index is 12.4. The number of carbonyl (C=O) groups excluding carboxylic acids is 1. The van der Waals surface area contributed by atoms with E-state index >= 15 is 0 Å². The van der Waals surface area contributed by atoms with Crippen molar-refractivity contribution in [1.29, 1.82) is 0 Å². The molecule has 0 bridgehead atoms. The zero-order chi connectivity index (χ0) is 15.7. The van der Waals surface area contributed by atoms with E-state index in [2.05, 4.69) is 11.9 Å². The van der Waals surface area contributed by atoms with Crippen molar-refractivity contribution < 1.29 is 4.79 Å². The Balaban J connectivity index is 1.77. The highest BCUT2D eigenvalue weighted by Gasteiger charge is 2.12. The zero-order valence-electron chi connectivity index (χ0n) is 13.0. The first-order chi connectivity index (χ1) is 10.6. The van der Waals surface area contributed by atoms with Crippen molar-refractivity contribution >= 4 is 28.6 Å². The first-order valence-electron chi connectivity index (χ1n) is 7.21. The summed E-state index contributed by atoms with van der Waals surface area (Å²) in [7, 11) is 1.98. The minimum Gasteiger partial charge on any atom is -0.322 e. The summed E-state index contributed by atoms with van der Waals surface area (Å²) in [6, 6.07) is 13.9. The number of aryl methyl sites for hydroxylation is 3. The number of hydrogen-bond acceptors (Lipinski definition) is 3. The van der Waals surface area contributed by atoms with Crippen LogP contribution in [0.4, 0.5) is 0 Å². The zero-order valence-corrected chi connectivity index (χ0v) is 13.8. The second-order valence-corrected chi connectivity index (χ2v) is 6.40. The van der Waals surface area contributed by atoms with Gasteiger partial charge in [-0.2, -0.15) is 0 Å². The van der Waals surface area contributed by atoms with Gasteiger partial charge in [-0.15, -0.1) is 0 Å². The predicted octanol–water partition coefficient (Wildman–Crippen LogP) is 4.17. The number of Topliss-reactive ketones (excluding diaryl/α,β-unsaturated/α-hetero) is 1. The molecule has 22 heavy (non-hydrogen) atoms. The van der Waals surface area contributed by atoms with Crippen molar-refractivity contribution in [3.63, 3.8) is 0 Å². The molecule has 0 atom stereocenters. The van der Waals surface area contributed by atoms with Gasteiger partial charge in [-0.1, -0.05) is 36.0 Å². The van der Waals surface area contributed by atoms with Crippen LogP contribution in [0.25, 0.3) is 11.0 Å². The van der Waals surface area contributed by atoms with E-state index in [0.29, 0.717) is 5.75 Å². The molecule has 0 aliphatic carbocycles. The van der Waals surface area contributed by atoms with E-state index in [4.69, 9.17) is 0 Å². The minimum atomic E-state index is 0.139. The van der Waals surface area contributed by atoms with Gasteiger partial charge in [-0.3, -0.25) is 4.79 Å². The van der Waals surface area contributed by atoms with Gasteiger partial charge in [0.2, 0.25) is 0 Å². The second-order valence-electron chi connectivity index (χ2n) is 5.45. The fourth-order valence-electron chi connectivity index (χ4n) is 2.38. The molecule has 0 aliphatic heterocycles. The molecule has 0 unspecified atom stereocenters. The molecule has 0 amide bonds. The molecule has 0 aliphatic rings. The molecule has 0 saturated carbocycles. The predicted molar refractivity (Wildman–Crippen MR) is 91.7 cm³/mol. The Morgan fingerprint density at radius 1 is 1.14 bits per heavy atom. The molecule has 0 N–H and O–H groups in total. The van der Waals surface area contributed by atoms with Crippen LogP contribution in [0.1, 0.15) is 21.5 Å². The summed E-state index contributed by atoms with van der Waals surface area (Å²) >= 11 is 1.49. The fraction of sp³-hybridized carbons (Fsp3) is 0.222. The summed E-state index contributed by atoms with van der Waals surface area (Å²) in [5, 5.41) is 0.874. The Morgan fingerprint density at radius 3 is 2.64 bits per heavy atom. The lowest BCUT2D eigenvalue weighted by atomic mass is 10.0. The van der Waals surface area contributed by atoms with Crippen LogP contribution < -0.4 is 0 Å². The quantitative estimate of drug-likeness (QED) is 0.536. The Morgan fingerprint density at radius 2 is 1.91 bits per heavy atom. The SMILES string of the molecule is Cc1ccc(C(=O)CSc2nc3ccccc3n2C)cc1C. The Hall–Kier alpha value is -2.07. The largest absolute Gasteiger partial charge is 0.322 e. The topological polar surface area (TPSA) is 34.9 Å². The molecule has 4 heteroatoms. The number of carbonyl (C=O) groups is 1. The van der Waals surface area contributed by atoms with Gasteiger partial charge >= 0.3 is 0 Å². The van der Waals surface area contributed by atoms with E-state index in [1.165, 1.54) is 17.3 Å². The van der Waals surface area contributed by atoms with Crippen LogP contribution in [-0.2, 0) is 7.05 Å². The maximum absolute atomic E-state index is 12.4. The van der Waals surface area contributed by atoms with Gasteiger partial charge in [0.15, 0.2) is 10.9 Å². The van der Waals surface area contributed by atoms with Crippen molar-refractivity contribution in [2.24, 2.45) is 7.05 Å². The minimum absolute atomic E-state index is 0.139. The maximum Gasteiger partial charge on any atom is 0.173 e. The number of aromatic nitrogens is 2. The highest BCUT2D eigenvalue weighted by atomic mass is 32.2. The van der Waals surface area contributed by atoms with Crippen molar-refractivity contribution in [3.8, 4) is 0 Å². The van der Waals surface area contributed by atoms with Crippen LogP contribution in [-0.4, -0.2) is 21.1 Å². The molecule has 2 aromatic carbocycles. The third kappa shape index (κ3) is 2.79. The number of rotatable bonds is 4. The second kappa shape index (κ2) is 5.97. The summed E-state index contributed by atoms with van der Waals surface area (Å²) in [5.41, 5.74) is 5.18. The van der Waals surface area contributed by atoms with Gasteiger partial charge in [-0.25, -0.2) is 4.98 Å². The summed E-state index contributed by atoms with van der Waals surface area (Å²) in [5.74, 6) is 0.541. The van der Waals surface area contributed by atoms with E-state index in [9.17, 15) is 4.79 Å². The molecule has 3 aromatic rings. The molecular weight excluding hydrogens is 292 g/mol. The Labute approximate surface area is 134 Å². The van der Waals surface area contributed by atoms with Gasteiger partial charge in [0.25, 0.3) is 0 Å². The van der Waals surface area contributed by atoms with Crippen LogP contribution in [0.5, 0.6) is 0 Å². The standard InChI is InChI=1S/C18H18N2OS/c1-12-8-9-14(10-13(12)2)17(21)11-22-18-19-15-6-4-5-7-16(15)20(18)3/h4-10H,11H2,1-3H3.